The van der Waals surface area contributed by atoms with Crippen LogP contribution in [0.4, 0.5) is 3.89 Å². The van der Waals surface area contributed by atoms with E-state index in [1.54, 1.807) is 6.26 Å². The first-order chi connectivity index (χ1) is 4.17. The maximum atomic E-state index is 13.2. The van der Waals surface area contributed by atoms with Gasteiger partial charge in [-0.3, -0.25) is 0 Å². The normalized spacial score (nSPS) is 30.0. The van der Waals surface area contributed by atoms with Gasteiger partial charge in [-0.05, 0) is 24.5 Å². The summed E-state index contributed by atoms with van der Waals surface area (Å²) in [5, 5.41) is 1.85. The lowest BCUT2D eigenvalue weighted by Gasteiger charge is -2.38. The van der Waals surface area contributed by atoms with Crippen LogP contribution < -0.4 is 0 Å². The molecule has 0 amide bonds. The Morgan fingerprint density at radius 3 is 2.33 bits per heavy atom. The second-order valence-corrected chi connectivity index (χ2v) is 5.54. The maximum absolute atomic E-state index is 13.2. The molecule has 0 bridgehead atoms. The van der Waals surface area contributed by atoms with Gasteiger partial charge in [0.25, 0.3) is 0 Å². The predicted molar refractivity (Wildman–Crippen MR) is 42.5 cm³/mol. The Morgan fingerprint density at radius 2 is 2.22 bits per heavy atom. The van der Waals surface area contributed by atoms with Gasteiger partial charge < -0.3 is 0 Å². The van der Waals surface area contributed by atoms with Crippen molar-refractivity contribution in [1.82, 2.24) is 0 Å². The van der Waals surface area contributed by atoms with Gasteiger partial charge in [-0.1, -0.05) is 23.4 Å². The lowest BCUT2D eigenvalue weighted by Crippen LogP contribution is -2.20. The molecule has 0 spiro atoms. The van der Waals surface area contributed by atoms with Crippen LogP contribution in [0, 0.1) is 0 Å². The summed E-state index contributed by atoms with van der Waals surface area (Å²) in [4.78, 5) is 0. The van der Waals surface area contributed by atoms with E-state index in [2.05, 4.69) is 6.58 Å². The Morgan fingerprint density at radius 1 is 1.67 bits per heavy atom. The standard InChI is InChI=1S/C7H13FS/c1-3-9(2,8)7-5-4-6-7/h3,7H,1,4-6H2,2H3. The van der Waals surface area contributed by atoms with E-state index in [9.17, 15) is 3.89 Å². The van der Waals surface area contributed by atoms with Crippen LogP contribution in [-0.4, -0.2) is 11.5 Å². The highest BCUT2D eigenvalue weighted by molar-refractivity contribution is 8.31. The second-order valence-electron chi connectivity index (χ2n) is 2.66. The van der Waals surface area contributed by atoms with Gasteiger partial charge in [-0.2, -0.15) is 3.89 Å². The second kappa shape index (κ2) is 2.33. The molecule has 1 aliphatic carbocycles. The van der Waals surface area contributed by atoms with Crippen molar-refractivity contribution in [3.05, 3.63) is 12.0 Å². The zero-order chi connectivity index (χ0) is 6.91. The monoisotopic (exact) mass is 148 g/mol. The highest BCUT2D eigenvalue weighted by Crippen LogP contribution is 2.58. The van der Waals surface area contributed by atoms with Crippen molar-refractivity contribution in [1.29, 1.82) is 0 Å². The quantitative estimate of drug-likeness (QED) is 0.564. The van der Waals surface area contributed by atoms with Gasteiger partial charge in [0.15, 0.2) is 0 Å². The van der Waals surface area contributed by atoms with Crippen LogP contribution in [0.2, 0.25) is 0 Å². The van der Waals surface area contributed by atoms with Crippen LogP contribution >= 0.6 is 10.4 Å². The van der Waals surface area contributed by atoms with Gasteiger partial charge in [0, 0.05) is 5.25 Å². The summed E-state index contributed by atoms with van der Waals surface area (Å²) in [6, 6.07) is 0. The Labute approximate surface area is 57.8 Å². The van der Waals surface area contributed by atoms with E-state index in [-0.39, 0.29) is 0 Å². The lowest BCUT2D eigenvalue weighted by atomic mass is 10.00. The number of halogens is 1. The zero-order valence-corrected chi connectivity index (χ0v) is 6.59. The lowest BCUT2D eigenvalue weighted by molar-refractivity contribution is 0.507. The Balaban J connectivity index is 2.46. The average molecular weight is 148 g/mol. The van der Waals surface area contributed by atoms with Gasteiger partial charge >= 0.3 is 0 Å². The molecule has 0 N–H and O–H groups in total. The SMILES string of the molecule is C=CS(C)(F)C1CCC1. The Bertz CT molecular complexity index is 116. The molecule has 0 aromatic carbocycles. The third kappa shape index (κ3) is 1.29. The van der Waals surface area contributed by atoms with Crippen LogP contribution in [0.3, 0.4) is 0 Å². The van der Waals surface area contributed by atoms with Crippen molar-refractivity contribution in [2.24, 2.45) is 0 Å². The molecule has 0 aromatic heterocycles. The molecule has 0 nitrogen and oxygen atoms in total. The van der Waals surface area contributed by atoms with Crippen molar-refractivity contribution in [2.45, 2.75) is 24.5 Å². The van der Waals surface area contributed by atoms with E-state index < -0.39 is 10.4 Å². The van der Waals surface area contributed by atoms with E-state index >= 15 is 0 Å². The maximum Gasteiger partial charge on any atom is 0.0183 e. The summed E-state index contributed by atoms with van der Waals surface area (Å²) in [5.41, 5.74) is 0. The molecule has 9 heavy (non-hydrogen) atoms. The van der Waals surface area contributed by atoms with Crippen LogP contribution in [0.25, 0.3) is 0 Å². The van der Waals surface area contributed by atoms with Gasteiger partial charge in [0.1, 0.15) is 0 Å². The van der Waals surface area contributed by atoms with Crippen molar-refractivity contribution >= 4 is 10.4 Å². The first-order valence-corrected chi connectivity index (χ1v) is 5.33. The smallest absolute Gasteiger partial charge is 0.0183 e. The molecule has 0 aliphatic heterocycles. The topological polar surface area (TPSA) is 0 Å². The third-order valence-electron chi connectivity index (χ3n) is 2.03. The molecule has 1 unspecified atom stereocenters. The Hall–Kier alpha value is 0.0200. The van der Waals surface area contributed by atoms with Gasteiger partial charge in [0.05, 0.1) is 0 Å². The summed E-state index contributed by atoms with van der Waals surface area (Å²) in [5.74, 6) is 0. The molecule has 1 saturated carbocycles. The highest BCUT2D eigenvalue weighted by atomic mass is 32.3. The summed E-state index contributed by atoms with van der Waals surface area (Å²) < 4.78 is 13.2. The number of rotatable bonds is 2. The molecule has 1 fully saturated rings. The minimum Gasteiger partial charge on any atom is -0.185 e. The minimum atomic E-state index is -1.90. The molecule has 2 heteroatoms. The molecule has 54 valence electrons. The third-order valence-corrected chi connectivity index (χ3v) is 4.46. The molecule has 0 radical (unpaired) electrons. The molecule has 1 atom stereocenters. The summed E-state index contributed by atoms with van der Waals surface area (Å²) in [6.07, 6.45) is 5.07. The molecular weight excluding hydrogens is 135 g/mol. The molecule has 1 aliphatic rings. The summed E-state index contributed by atoms with van der Waals surface area (Å²) in [6.45, 7) is 3.50. The van der Waals surface area contributed by atoms with E-state index in [0.29, 0.717) is 5.25 Å². The fourth-order valence-electron chi connectivity index (χ4n) is 0.968. The van der Waals surface area contributed by atoms with Crippen LogP contribution in [0.15, 0.2) is 12.0 Å². The van der Waals surface area contributed by atoms with Gasteiger partial charge in [0.2, 0.25) is 0 Å². The molecule has 0 aromatic rings. The van der Waals surface area contributed by atoms with E-state index in [1.807, 2.05) is 0 Å². The van der Waals surface area contributed by atoms with E-state index in [4.69, 9.17) is 0 Å². The van der Waals surface area contributed by atoms with Crippen molar-refractivity contribution in [3.8, 4) is 0 Å². The number of hydrogen-bond donors (Lipinski definition) is 0. The van der Waals surface area contributed by atoms with Crippen molar-refractivity contribution in [3.63, 3.8) is 0 Å². The van der Waals surface area contributed by atoms with Crippen molar-refractivity contribution < 1.29 is 3.89 Å². The average Bonchev–Trinajstić information content (AvgIpc) is 1.60. The van der Waals surface area contributed by atoms with Gasteiger partial charge in [-0.15, -0.1) is 0 Å². The molecule has 1 rings (SSSR count). The largest absolute Gasteiger partial charge is 0.185 e. The molecular formula is C7H13FS. The van der Waals surface area contributed by atoms with Gasteiger partial charge in [-0.25, -0.2) is 0 Å². The van der Waals surface area contributed by atoms with E-state index in [0.717, 1.165) is 12.8 Å². The van der Waals surface area contributed by atoms with E-state index in [1.165, 1.54) is 11.8 Å². The first kappa shape index (κ1) is 7.13. The minimum absolute atomic E-state index is 0.343. The van der Waals surface area contributed by atoms with Crippen molar-refractivity contribution in [2.75, 3.05) is 6.26 Å². The Kier molecular flexibility index (Phi) is 1.85. The van der Waals surface area contributed by atoms with Crippen LogP contribution in [0.1, 0.15) is 19.3 Å². The fraction of sp³-hybridized carbons (Fsp3) is 0.714. The highest BCUT2D eigenvalue weighted by Gasteiger charge is 2.30. The summed E-state index contributed by atoms with van der Waals surface area (Å²) >= 11 is 0. The zero-order valence-electron chi connectivity index (χ0n) is 5.77. The van der Waals surface area contributed by atoms with Crippen LogP contribution in [-0.2, 0) is 0 Å². The molecule has 0 heterocycles. The fourth-order valence-corrected chi connectivity index (χ4v) is 2.49. The summed E-state index contributed by atoms with van der Waals surface area (Å²) in [7, 11) is -1.90. The van der Waals surface area contributed by atoms with Crippen LogP contribution in [0.5, 0.6) is 0 Å². The first-order valence-electron chi connectivity index (χ1n) is 3.26. The predicted octanol–water partition coefficient (Wildman–Crippen LogP) is 3.00. The molecule has 0 saturated heterocycles. The number of hydrogen-bond acceptors (Lipinski definition) is 0.